The molecule has 0 bridgehead atoms. The van der Waals surface area contributed by atoms with Crippen LogP contribution in [0.4, 0.5) is 10.1 Å². The number of rotatable bonds is 9. The number of amides is 2. The van der Waals surface area contributed by atoms with E-state index >= 15 is 0 Å². The van der Waals surface area contributed by atoms with E-state index in [0.717, 1.165) is 0 Å². The maximum atomic E-state index is 13.6. The van der Waals surface area contributed by atoms with Gasteiger partial charge in [-0.25, -0.2) is 4.39 Å². The van der Waals surface area contributed by atoms with Gasteiger partial charge in [0.15, 0.2) is 18.2 Å². The van der Waals surface area contributed by atoms with Gasteiger partial charge in [-0.3, -0.25) is 9.59 Å². The minimum Gasteiger partial charge on any atom is -0.495 e. The number of hydrogen-bond donors (Lipinski definition) is 1. The molecule has 2 amide bonds. The number of halogens is 1. The van der Waals surface area contributed by atoms with Crippen LogP contribution in [0.25, 0.3) is 0 Å². The zero-order valence-corrected chi connectivity index (χ0v) is 15.4. The minimum absolute atomic E-state index is 0.000715. The van der Waals surface area contributed by atoms with Gasteiger partial charge in [-0.05, 0) is 30.7 Å². The molecule has 0 saturated carbocycles. The molecule has 0 fully saturated rings. The largest absolute Gasteiger partial charge is 0.495 e. The molecule has 2 aromatic rings. The standard InChI is InChI=1S/C20H23FN2O4/c1-3-12-23(20(25)14-27-17-10-6-4-8-15(17)21)13-19(24)22-16-9-5-7-11-18(16)26-2/h4-11H,3,12-14H2,1-2H3,(H,22,24). The first kappa shape index (κ1) is 20.2. The lowest BCUT2D eigenvalue weighted by Gasteiger charge is -2.22. The summed E-state index contributed by atoms with van der Waals surface area (Å²) in [5, 5.41) is 2.73. The number of hydrogen-bond acceptors (Lipinski definition) is 4. The summed E-state index contributed by atoms with van der Waals surface area (Å²) in [6.07, 6.45) is 0.674. The van der Waals surface area contributed by atoms with Gasteiger partial charge in [0.2, 0.25) is 5.91 Å². The zero-order valence-electron chi connectivity index (χ0n) is 15.4. The van der Waals surface area contributed by atoms with Gasteiger partial charge in [0.25, 0.3) is 5.91 Å². The second kappa shape index (κ2) is 10.2. The quantitative estimate of drug-likeness (QED) is 0.732. The predicted molar refractivity (Wildman–Crippen MR) is 100 cm³/mol. The van der Waals surface area contributed by atoms with Gasteiger partial charge >= 0.3 is 0 Å². The van der Waals surface area contributed by atoms with Crippen molar-refractivity contribution in [1.82, 2.24) is 4.90 Å². The first-order valence-electron chi connectivity index (χ1n) is 8.63. The summed E-state index contributed by atoms with van der Waals surface area (Å²) < 4.78 is 24.0. The van der Waals surface area contributed by atoms with E-state index in [1.165, 1.54) is 30.2 Å². The van der Waals surface area contributed by atoms with E-state index in [2.05, 4.69) is 5.32 Å². The van der Waals surface area contributed by atoms with E-state index in [9.17, 15) is 14.0 Å². The average Bonchev–Trinajstić information content (AvgIpc) is 2.67. The van der Waals surface area contributed by atoms with Crippen molar-refractivity contribution in [3.8, 4) is 11.5 Å². The summed E-state index contributed by atoms with van der Waals surface area (Å²) in [6, 6.07) is 12.9. The van der Waals surface area contributed by atoms with Gasteiger partial charge < -0.3 is 19.7 Å². The Morgan fingerprint density at radius 2 is 1.74 bits per heavy atom. The topological polar surface area (TPSA) is 67.9 Å². The van der Waals surface area contributed by atoms with Crippen LogP contribution in [0.5, 0.6) is 11.5 Å². The molecule has 0 spiro atoms. The normalized spacial score (nSPS) is 10.2. The first-order chi connectivity index (χ1) is 13.0. The Kier molecular flexibility index (Phi) is 7.61. The Morgan fingerprint density at radius 1 is 1.07 bits per heavy atom. The first-order valence-corrected chi connectivity index (χ1v) is 8.63. The molecule has 2 aromatic carbocycles. The Hall–Kier alpha value is -3.09. The van der Waals surface area contributed by atoms with Crippen LogP contribution < -0.4 is 14.8 Å². The molecular formula is C20H23FN2O4. The van der Waals surface area contributed by atoms with Crippen LogP contribution in [0.15, 0.2) is 48.5 Å². The monoisotopic (exact) mass is 374 g/mol. The second-order valence-electron chi connectivity index (χ2n) is 5.78. The number of ether oxygens (including phenoxy) is 2. The number of benzene rings is 2. The number of nitrogens with zero attached hydrogens (tertiary/aromatic N) is 1. The summed E-state index contributed by atoms with van der Waals surface area (Å²) in [5.41, 5.74) is 0.525. The lowest BCUT2D eigenvalue weighted by atomic mass is 10.3. The van der Waals surface area contributed by atoms with Crippen LogP contribution in [0, 0.1) is 5.82 Å². The summed E-state index contributed by atoms with van der Waals surface area (Å²) in [4.78, 5) is 26.1. The Bertz CT molecular complexity index is 782. The molecule has 0 aromatic heterocycles. The molecular weight excluding hydrogens is 351 g/mol. The third-order valence-corrected chi connectivity index (χ3v) is 3.75. The summed E-state index contributed by atoms with van der Waals surface area (Å²) >= 11 is 0. The van der Waals surface area contributed by atoms with Gasteiger partial charge in [0, 0.05) is 6.54 Å². The van der Waals surface area contributed by atoms with E-state index in [4.69, 9.17) is 9.47 Å². The number of methoxy groups -OCH3 is 1. The minimum atomic E-state index is -0.541. The zero-order chi connectivity index (χ0) is 19.6. The van der Waals surface area contributed by atoms with Gasteiger partial charge in [0.05, 0.1) is 19.3 Å². The lowest BCUT2D eigenvalue weighted by Crippen LogP contribution is -2.41. The number of para-hydroxylation sites is 3. The van der Waals surface area contributed by atoms with Crippen LogP contribution in [0.1, 0.15) is 13.3 Å². The van der Waals surface area contributed by atoms with Gasteiger partial charge in [-0.2, -0.15) is 0 Å². The Morgan fingerprint density at radius 3 is 2.41 bits per heavy atom. The van der Waals surface area contributed by atoms with Crippen molar-refractivity contribution < 1.29 is 23.5 Å². The fourth-order valence-corrected chi connectivity index (χ4v) is 2.47. The number of anilines is 1. The average molecular weight is 374 g/mol. The maximum absolute atomic E-state index is 13.6. The molecule has 0 aliphatic rings. The van der Waals surface area contributed by atoms with Crippen LogP contribution in [-0.2, 0) is 9.59 Å². The smallest absolute Gasteiger partial charge is 0.260 e. The molecule has 144 valence electrons. The van der Waals surface area contributed by atoms with Crippen molar-refractivity contribution in [3.05, 3.63) is 54.3 Å². The Labute approximate surface area is 157 Å². The van der Waals surface area contributed by atoms with E-state index in [0.29, 0.717) is 24.4 Å². The van der Waals surface area contributed by atoms with Crippen molar-refractivity contribution in [3.63, 3.8) is 0 Å². The van der Waals surface area contributed by atoms with E-state index in [1.54, 1.807) is 30.3 Å². The van der Waals surface area contributed by atoms with Crippen molar-refractivity contribution in [2.24, 2.45) is 0 Å². The van der Waals surface area contributed by atoms with Gasteiger partial charge in [-0.1, -0.05) is 31.2 Å². The maximum Gasteiger partial charge on any atom is 0.260 e. The number of carbonyl (C=O) groups is 2. The third-order valence-electron chi connectivity index (χ3n) is 3.75. The molecule has 0 aliphatic heterocycles. The van der Waals surface area contributed by atoms with Crippen molar-refractivity contribution in [2.45, 2.75) is 13.3 Å². The van der Waals surface area contributed by atoms with Crippen LogP contribution >= 0.6 is 0 Å². The second-order valence-corrected chi connectivity index (χ2v) is 5.78. The SMILES string of the molecule is CCCN(CC(=O)Nc1ccccc1OC)C(=O)COc1ccccc1F. The van der Waals surface area contributed by atoms with E-state index < -0.39 is 11.7 Å². The molecule has 7 heteroatoms. The molecule has 0 aliphatic carbocycles. The lowest BCUT2D eigenvalue weighted by molar-refractivity contribution is -0.136. The summed E-state index contributed by atoms with van der Waals surface area (Å²) in [6.45, 7) is 1.81. The van der Waals surface area contributed by atoms with Crippen molar-refractivity contribution in [1.29, 1.82) is 0 Å². The predicted octanol–water partition coefficient (Wildman–Crippen LogP) is 3.09. The molecule has 1 N–H and O–H groups in total. The fourth-order valence-electron chi connectivity index (χ4n) is 2.47. The van der Waals surface area contributed by atoms with Crippen molar-refractivity contribution >= 4 is 17.5 Å². The highest BCUT2D eigenvalue weighted by molar-refractivity contribution is 5.95. The third kappa shape index (κ3) is 5.99. The molecule has 2 rings (SSSR count). The Balaban J connectivity index is 1.96. The summed E-state index contributed by atoms with van der Waals surface area (Å²) in [5.74, 6) is -0.758. The molecule has 6 nitrogen and oxygen atoms in total. The molecule has 0 radical (unpaired) electrons. The van der Waals surface area contributed by atoms with Crippen LogP contribution in [0.2, 0.25) is 0 Å². The van der Waals surface area contributed by atoms with Gasteiger partial charge in [-0.15, -0.1) is 0 Å². The molecule has 0 unspecified atom stereocenters. The van der Waals surface area contributed by atoms with Crippen LogP contribution in [0.3, 0.4) is 0 Å². The highest BCUT2D eigenvalue weighted by Crippen LogP contribution is 2.22. The number of nitrogens with one attached hydrogen (secondary N) is 1. The molecule has 0 atom stereocenters. The van der Waals surface area contributed by atoms with Crippen LogP contribution in [-0.4, -0.2) is 43.5 Å². The number of carbonyl (C=O) groups excluding carboxylic acids is 2. The van der Waals surface area contributed by atoms with Crippen molar-refractivity contribution in [2.75, 3.05) is 32.1 Å². The highest BCUT2D eigenvalue weighted by atomic mass is 19.1. The van der Waals surface area contributed by atoms with E-state index in [1.807, 2.05) is 6.92 Å². The van der Waals surface area contributed by atoms with E-state index in [-0.39, 0.29) is 24.8 Å². The summed E-state index contributed by atoms with van der Waals surface area (Å²) in [7, 11) is 1.51. The van der Waals surface area contributed by atoms with Gasteiger partial charge in [0.1, 0.15) is 5.75 Å². The molecule has 0 heterocycles. The molecule has 27 heavy (non-hydrogen) atoms. The molecule has 0 saturated heterocycles. The highest BCUT2D eigenvalue weighted by Gasteiger charge is 2.18. The fraction of sp³-hybridized carbons (Fsp3) is 0.300.